The second kappa shape index (κ2) is 10.5. The molecule has 2 aromatic rings. The maximum Gasteiger partial charge on any atom is 0.407 e. The average Bonchev–Trinajstić information content (AvgIpc) is 3.39. The summed E-state index contributed by atoms with van der Waals surface area (Å²) in [5.74, 6) is -1.33. The summed E-state index contributed by atoms with van der Waals surface area (Å²) >= 11 is 0. The first-order chi connectivity index (χ1) is 16.8. The molecule has 3 atom stereocenters. The van der Waals surface area contributed by atoms with Crippen molar-refractivity contribution in [3.63, 3.8) is 0 Å². The summed E-state index contributed by atoms with van der Waals surface area (Å²) in [6.45, 7) is 3.86. The van der Waals surface area contributed by atoms with E-state index in [1.165, 1.54) is 0 Å². The fourth-order valence-electron chi connectivity index (χ4n) is 5.39. The summed E-state index contributed by atoms with van der Waals surface area (Å²) < 4.78 is 5.63. The van der Waals surface area contributed by atoms with Gasteiger partial charge in [-0.15, -0.1) is 0 Å². The number of rotatable bonds is 9. The summed E-state index contributed by atoms with van der Waals surface area (Å²) in [6, 6.07) is 15.0. The molecular weight excluding hydrogens is 444 g/mol. The van der Waals surface area contributed by atoms with Crippen molar-refractivity contribution in [3.05, 3.63) is 59.7 Å². The predicted molar refractivity (Wildman–Crippen MR) is 133 cm³/mol. The molecule has 4 rings (SSSR count). The zero-order chi connectivity index (χ0) is 25.0. The van der Waals surface area contributed by atoms with Crippen LogP contribution >= 0.6 is 0 Å². The zero-order valence-corrected chi connectivity index (χ0v) is 20.4. The number of hydrogen-bond donors (Lipinski definition) is 3. The molecule has 0 bridgehead atoms. The normalized spacial score (nSPS) is 21.6. The number of carbonyl (C=O) groups is 3. The van der Waals surface area contributed by atoms with Gasteiger partial charge in [-0.1, -0.05) is 74.7 Å². The highest BCUT2D eigenvalue weighted by Crippen LogP contribution is 2.44. The first kappa shape index (κ1) is 24.8. The quantitative estimate of drug-likeness (QED) is 0.478. The highest BCUT2D eigenvalue weighted by atomic mass is 16.5. The predicted octanol–water partition coefficient (Wildman–Crippen LogP) is 4.84. The highest BCUT2D eigenvalue weighted by molar-refractivity contribution is 5.87. The number of benzene rings is 2. The Hall–Kier alpha value is -3.35. The lowest BCUT2D eigenvalue weighted by Crippen LogP contribution is -2.54. The molecule has 3 N–H and O–H groups in total. The van der Waals surface area contributed by atoms with Crippen molar-refractivity contribution in [1.82, 2.24) is 10.6 Å². The molecule has 0 aliphatic heterocycles. The van der Waals surface area contributed by atoms with E-state index in [4.69, 9.17) is 4.74 Å². The van der Waals surface area contributed by atoms with Crippen LogP contribution < -0.4 is 10.6 Å². The molecule has 186 valence electrons. The van der Waals surface area contributed by atoms with Crippen LogP contribution in [0, 0.1) is 5.41 Å². The molecule has 1 saturated carbocycles. The molecule has 0 radical (unpaired) electrons. The Bertz CT molecular complexity index is 1050. The molecule has 7 heteroatoms. The Labute approximate surface area is 206 Å². The Kier molecular flexibility index (Phi) is 7.43. The minimum atomic E-state index is -0.991. The summed E-state index contributed by atoms with van der Waals surface area (Å²) in [4.78, 5) is 37.6. The van der Waals surface area contributed by atoms with Crippen molar-refractivity contribution >= 4 is 18.0 Å². The monoisotopic (exact) mass is 478 g/mol. The SMILES string of the molecule is CCCC[C@H](NC(=O)OCC1c2ccccc2-c2ccccc21)C(=O)NC1CCCC1(C)C(=O)O. The molecule has 35 heavy (non-hydrogen) atoms. The average molecular weight is 479 g/mol. The van der Waals surface area contributed by atoms with E-state index in [9.17, 15) is 19.5 Å². The molecule has 0 aromatic heterocycles. The summed E-state index contributed by atoms with van der Waals surface area (Å²) in [5, 5.41) is 15.3. The number of nitrogens with one attached hydrogen (secondary N) is 2. The number of carboxylic acid groups (broad SMARTS) is 1. The van der Waals surface area contributed by atoms with Crippen LogP contribution in [0.3, 0.4) is 0 Å². The maximum atomic E-state index is 13.1. The lowest BCUT2D eigenvalue weighted by molar-refractivity contribution is -0.149. The zero-order valence-electron chi connectivity index (χ0n) is 20.4. The van der Waals surface area contributed by atoms with Crippen LogP contribution in [0.4, 0.5) is 4.79 Å². The third kappa shape index (κ3) is 5.04. The van der Waals surface area contributed by atoms with Gasteiger partial charge in [0, 0.05) is 12.0 Å². The van der Waals surface area contributed by atoms with Crippen LogP contribution in [0.2, 0.25) is 0 Å². The van der Waals surface area contributed by atoms with E-state index in [1.54, 1.807) is 6.92 Å². The van der Waals surface area contributed by atoms with Gasteiger partial charge in [0.25, 0.3) is 0 Å². The highest BCUT2D eigenvalue weighted by Gasteiger charge is 2.46. The van der Waals surface area contributed by atoms with Gasteiger partial charge in [0.05, 0.1) is 5.41 Å². The topological polar surface area (TPSA) is 105 Å². The van der Waals surface area contributed by atoms with Crippen molar-refractivity contribution in [2.75, 3.05) is 6.61 Å². The van der Waals surface area contributed by atoms with Crippen LogP contribution in [0.15, 0.2) is 48.5 Å². The van der Waals surface area contributed by atoms with E-state index in [2.05, 4.69) is 34.9 Å². The number of carbonyl (C=O) groups excluding carboxylic acids is 2. The third-order valence-corrected chi connectivity index (χ3v) is 7.56. The molecule has 2 aromatic carbocycles. The molecule has 0 heterocycles. The van der Waals surface area contributed by atoms with Gasteiger partial charge in [0.2, 0.25) is 5.91 Å². The first-order valence-electron chi connectivity index (χ1n) is 12.5. The molecular formula is C28H34N2O5. The minimum absolute atomic E-state index is 0.0640. The number of ether oxygens (including phenoxy) is 1. The Morgan fingerprint density at radius 2 is 1.71 bits per heavy atom. The molecule has 2 unspecified atom stereocenters. The van der Waals surface area contributed by atoms with Gasteiger partial charge < -0.3 is 20.5 Å². The summed E-state index contributed by atoms with van der Waals surface area (Å²) in [6.07, 6.45) is 3.31. The van der Waals surface area contributed by atoms with Crippen LogP contribution in [0.5, 0.6) is 0 Å². The molecule has 2 amide bonds. The molecule has 1 fully saturated rings. The van der Waals surface area contributed by atoms with Crippen LogP contribution in [0.25, 0.3) is 11.1 Å². The van der Waals surface area contributed by atoms with E-state index < -0.39 is 29.6 Å². The molecule has 7 nitrogen and oxygen atoms in total. The number of fused-ring (bicyclic) bond motifs is 3. The smallest absolute Gasteiger partial charge is 0.407 e. The summed E-state index contributed by atoms with van der Waals surface area (Å²) in [5.41, 5.74) is 3.55. The second-order valence-corrected chi connectivity index (χ2v) is 9.84. The fourth-order valence-corrected chi connectivity index (χ4v) is 5.39. The van der Waals surface area contributed by atoms with Crippen LogP contribution in [0.1, 0.15) is 69.4 Å². The van der Waals surface area contributed by atoms with Crippen LogP contribution in [-0.4, -0.2) is 41.8 Å². The van der Waals surface area contributed by atoms with Crippen molar-refractivity contribution < 1.29 is 24.2 Å². The Balaban J connectivity index is 1.40. The van der Waals surface area contributed by atoms with Gasteiger partial charge in [0.15, 0.2) is 0 Å². The van der Waals surface area contributed by atoms with Crippen molar-refractivity contribution in [3.8, 4) is 11.1 Å². The number of unbranched alkanes of at least 4 members (excludes halogenated alkanes) is 1. The largest absolute Gasteiger partial charge is 0.481 e. The van der Waals surface area contributed by atoms with Gasteiger partial charge in [-0.25, -0.2) is 4.79 Å². The number of aliphatic carboxylic acids is 1. The maximum absolute atomic E-state index is 13.1. The number of hydrogen-bond acceptors (Lipinski definition) is 4. The van der Waals surface area contributed by atoms with E-state index in [-0.39, 0.29) is 18.4 Å². The van der Waals surface area contributed by atoms with Gasteiger partial charge in [-0.05, 0) is 48.4 Å². The third-order valence-electron chi connectivity index (χ3n) is 7.56. The van der Waals surface area contributed by atoms with Crippen molar-refractivity contribution in [2.45, 2.75) is 70.4 Å². The van der Waals surface area contributed by atoms with E-state index in [1.807, 2.05) is 31.2 Å². The van der Waals surface area contributed by atoms with E-state index >= 15 is 0 Å². The van der Waals surface area contributed by atoms with Crippen LogP contribution in [-0.2, 0) is 14.3 Å². The number of carboxylic acids is 1. The molecule has 0 spiro atoms. The lowest BCUT2D eigenvalue weighted by Gasteiger charge is -2.29. The van der Waals surface area contributed by atoms with Crippen molar-refractivity contribution in [1.29, 1.82) is 0 Å². The Morgan fingerprint density at radius 3 is 2.31 bits per heavy atom. The van der Waals surface area contributed by atoms with Gasteiger partial charge in [0.1, 0.15) is 12.6 Å². The standard InChI is InChI=1S/C28H34N2O5/c1-3-4-14-23(25(31)30-24-15-9-16-28(24,2)26(32)33)29-27(34)35-17-22-20-12-7-5-10-18(20)19-11-6-8-13-21(19)22/h5-8,10-13,22-24H,3-4,9,14-17H2,1-2H3,(H,29,34)(H,30,31)(H,32,33)/t23-,24?,28?/m0/s1. The molecule has 0 saturated heterocycles. The molecule has 2 aliphatic carbocycles. The van der Waals surface area contributed by atoms with Gasteiger partial charge in [-0.2, -0.15) is 0 Å². The number of alkyl carbamates (subject to hydrolysis) is 1. The van der Waals surface area contributed by atoms with E-state index in [0.29, 0.717) is 19.3 Å². The minimum Gasteiger partial charge on any atom is -0.481 e. The second-order valence-electron chi connectivity index (χ2n) is 9.84. The number of amides is 2. The lowest BCUT2D eigenvalue weighted by atomic mass is 9.84. The first-order valence-corrected chi connectivity index (χ1v) is 12.5. The fraction of sp³-hybridized carbons (Fsp3) is 0.464. The van der Waals surface area contributed by atoms with Gasteiger partial charge >= 0.3 is 12.1 Å². The Morgan fingerprint density at radius 1 is 1.09 bits per heavy atom. The summed E-state index contributed by atoms with van der Waals surface area (Å²) in [7, 11) is 0. The molecule has 2 aliphatic rings. The van der Waals surface area contributed by atoms with Crippen molar-refractivity contribution in [2.24, 2.45) is 5.41 Å². The van der Waals surface area contributed by atoms with Gasteiger partial charge in [-0.3, -0.25) is 9.59 Å². The van der Waals surface area contributed by atoms with E-state index in [0.717, 1.165) is 41.5 Å².